The van der Waals surface area contributed by atoms with E-state index >= 15 is 0 Å². The lowest BCUT2D eigenvalue weighted by molar-refractivity contribution is 0.0690. The molecule has 0 N–H and O–H groups in total. The average Bonchev–Trinajstić information content (AvgIpc) is 3.27. The summed E-state index contributed by atoms with van der Waals surface area (Å²) >= 11 is 3.58. The smallest absolute Gasteiger partial charge is 0.254 e. The van der Waals surface area contributed by atoms with Crippen LogP contribution in [0.5, 0.6) is 0 Å². The summed E-state index contributed by atoms with van der Waals surface area (Å²) in [7, 11) is 0. The number of hydrogen-bond acceptors (Lipinski definition) is 4. The predicted molar refractivity (Wildman–Crippen MR) is 121 cm³/mol. The Morgan fingerprint density at radius 1 is 1.07 bits per heavy atom. The van der Waals surface area contributed by atoms with E-state index in [2.05, 4.69) is 41.4 Å². The SMILES string of the molecule is O=C(c1ccccc1CSC1=NCCS1)N1CCC(Cc2ccccc2)CC1. The van der Waals surface area contributed by atoms with Crippen LogP contribution in [0.2, 0.25) is 0 Å². The van der Waals surface area contributed by atoms with Crippen molar-refractivity contribution in [2.75, 3.05) is 25.4 Å². The zero-order valence-corrected chi connectivity index (χ0v) is 17.7. The van der Waals surface area contributed by atoms with Gasteiger partial charge < -0.3 is 4.90 Å². The Balaban J connectivity index is 1.35. The van der Waals surface area contributed by atoms with Gasteiger partial charge >= 0.3 is 0 Å². The molecule has 5 heteroatoms. The molecule has 0 saturated carbocycles. The van der Waals surface area contributed by atoms with Gasteiger partial charge in [0.15, 0.2) is 0 Å². The maximum atomic E-state index is 13.2. The minimum absolute atomic E-state index is 0.190. The molecule has 2 aliphatic rings. The molecule has 0 atom stereocenters. The van der Waals surface area contributed by atoms with Crippen LogP contribution >= 0.6 is 23.5 Å². The van der Waals surface area contributed by atoms with E-state index in [1.54, 1.807) is 11.8 Å². The molecule has 0 radical (unpaired) electrons. The summed E-state index contributed by atoms with van der Waals surface area (Å²) in [4.78, 5) is 19.7. The normalized spacial score (nSPS) is 17.6. The van der Waals surface area contributed by atoms with Crippen LogP contribution < -0.4 is 0 Å². The first-order chi connectivity index (χ1) is 13.8. The number of aliphatic imine (C=N–C) groups is 1. The van der Waals surface area contributed by atoms with E-state index in [0.29, 0.717) is 5.92 Å². The second-order valence-electron chi connectivity index (χ2n) is 7.37. The van der Waals surface area contributed by atoms with Gasteiger partial charge in [-0.1, -0.05) is 72.1 Å². The topological polar surface area (TPSA) is 32.7 Å². The van der Waals surface area contributed by atoms with Gasteiger partial charge in [-0.15, -0.1) is 0 Å². The van der Waals surface area contributed by atoms with Crippen molar-refractivity contribution in [3.05, 3.63) is 71.3 Å². The Morgan fingerprint density at radius 3 is 2.57 bits per heavy atom. The largest absolute Gasteiger partial charge is 0.339 e. The summed E-state index contributed by atoms with van der Waals surface area (Å²) in [6.07, 6.45) is 3.30. The van der Waals surface area contributed by atoms with E-state index in [0.717, 1.165) is 65.9 Å². The van der Waals surface area contributed by atoms with Crippen LogP contribution in [0.25, 0.3) is 0 Å². The lowest BCUT2D eigenvalue weighted by Crippen LogP contribution is -2.39. The molecule has 1 fully saturated rings. The zero-order valence-electron chi connectivity index (χ0n) is 16.0. The molecule has 2 aromatic carbocycles. The number of amides is 1. The average molecular weight is 411 g/mol. The van der Waals surface area contributed by atoms with Gasteiger partial charge in [0.1, 0.15) is 4.38 Å². The van der Waals surface area contributed by atoms with Crippen LogP contribution in [0.3, 0.4) is 0 Å². The molecule has 28 heavy (non-hydrogen) atoms. The molecular weight excluding hydrogens is 384 g/mol. The fourth-order valence-electron chi connectivity index (χ4n) is 3.86. The first-order valence-corrected chi connectivity index (χ1v) is 12.0. The van der Waals surface area contributed by atoms with Crippen molar-refractivity contribution in [2.45, 2.75) is 25.0 Å². The summed E-state index contributed by atoms with van der Waals surface area (Å²) in [6.45, 7) is 2.65. The van der Waals surface area contributed by atoms with Crippen molar-refractivity contribution < 1.29 is 4.79 Å². The summed E-state index contributed by atoms with van der Waals surface area (Å²) in [5.74, 6) is 2.77. The van der Waals surface area contributed by atoms with Crippen molar-refractivity contribution in [1.82, 2.24) is 4.90 Å². The Bertz CT molecular complexity index is 830. The van der Waals surface area contributed by atoms with Crippen LogP contribution in [-0.4, -0.2) is 40.6 Å². The molecule has 0 aliphatic carbocycles. The molecule has 2 aliphatic heterocycles. The quantitative estimate of drug-likeness (QED) is 0.686. The van der Waals surface area contributed by atoms with E-state index < -0.39 is 0 Å². The van der Waals surface area contributed by atoms with Crippen molar-refractivity contribution >= 4 is 33.8 Å². The van der Waals surface area contributed by atoms with E-state index in [-0.39, 0.29) is 5.91 Å². The molecule has 2 heterocycles. The molecule has 0 spiro atoms. The molecule has 4 rings (SSSR count). The maximum Gasteiger partial charge on any atom is 0.254 e. The third-order valence-electron chi connectivity index (χ3n) is 5.43. The fraction of sp³-hybridized carbons (Fsp3) is 0.391. The first-order valence-electron chi connectivity index (χ1n) is 10.0. The third-order valence-corrected chi connectivity index (χ3v) is 7.73. The lowest BCUT2D eigenvalue weighted by Gasteiger charge is -2.32. The van der Waals surface area contributed by atoms with Gasteiger partial charge in [0, 0.05) is 30.2 Å². The zero-order chi connectivity index (χ0) is 19.2. The first kappa shape index (κ1) is 19.6. The Labute approximate surface area is 176 Å². The predicted octanol–water partition coefficient (Wildman–Crippen LogP) is 5.12. The van der Waals surface area contributed by atoms with Crippen LogP contribution in [0, 0.1) is 5.92 Å². The molecule has 1 saturated heterocycles. The van der Waals surface area contributed by atoms with Crippen molar-refractivity contribution in [3.63, 3.8) is 0 Å². The van der Waals surface area contributed by atoms with E-state index in [9.17, 15) is 4.79 Å². The maximum absolute atomic E-state index is 13.2. The number of piperidine rings is 1. The van der Waals surface area contributed by atoms with Crippen LogP contribution in [0.15, 0.2) is 59.6 Å². The molecule has 0 bridgehead atoms. The highest BCUT2D eigenvalue weighted by Crippen LogP contribution is 2.28. The van der Waals surface area contributed by atoms with Gasteiger partial charge in [-0.3, -0.25) is 9.79 Å². The van der Waals surface area contributed by atoms with Gasteiger partial charge in [-0.05, 0) is 42.4 Å². The number of carbonyl (C=O) groups is 1. The summed E-state index contributed by atoms with van der Waals surface area (Å²) < 4.78 is 1.16. The van der Waals surface area contributed by atoms with Crippen LogP contribution in [0.4, 0.5) is 0 Å². The number of hydrogen-bond donors (Lipinski definition) is 0. The summed E-state index contributed by atoms with van der Waals surface area (Å²) in [5.41, 5.74) is 3.39. The third kappa shape index (κ3) is 5.00. The molecule has 0 aromatic heterocycles. The second kappa shape index (κ2) is 9.66. The summed E-state index contributed by atoms with van der Waals surface area (Å²) in [5, 5.41) is 0. The van der Waals surface area contributed by atoms with Crippen molar-refractivity contribution in [3.8, 4) is 0 Å². The monoisotopic (exact) mass is 410 g/mol. The van der Waals surface area contributed by atoms with E-state index in [4.69, 9.17) is 0 Å². The number of carbonyl (C=O) groups excluding carboxylic acids is 1. The van der Waals surface area contributed by atoms with Crippen LogP contribution in [-0.2, 0) is 12.2 Å². The van der Waals surface area contributed by atoms with Crippen LogP contribution in [0.1, 0.15) is 34.3 Å². The van der Waals surface area contributed by atoms with Gasteiger partial charge in [0.25, 0.3) is 5.91 Å². The molecular formula is C23H26N2OS2. The standard InChI is InChI=1S/C23H26N2OS2/c26-22(21-9-5-4-8-20(21)17-28-23-24-12-15-27-23)25-13-10-19(11-14-25)16-18-6-2-1-3-7-18/h1-9,19H,10-17H2. The van der Waals surface area contributed by atoms with Gasteiger partial charge in [-0.2, -0.15) is 0 Å². The number of rotatable bonds is 5. The van der Waals surface area contributed by atoms with Crippen molar-refractivity contribution in [2.24, 2.45) is 10.9 Å². The van der Waals surface area contributed by atoms with E-state index in [1.807, 2.05) is 34.9 Å². The molecule has 1 amide bonds. The summed E-state index contributed by atoms with van der Waals surface area (Å²) in [6, 6.07) is 18.8. The van der Waals surface area contributed by atoms with E-state index in [1.165, 1.54) is 5.56 Å². The number of benzene rings is 2. The molecule has 2 aromatic rings. The molecule has 146 valence electrons. The highest BCUT2D eigenvalue weighted by atomic mass is 32.2. The highest BCUT2D eigenvalue weighted by Gasteiger charge is 2.25. The Hall–Kier alpha value is -1.72. The molecule has 0 unspecified atom stereocenters. The number of thioether (sulfide) groups is 2. The Morgan fingerprint density at radius 2 is 1.82 bits per heavy atom. The Kier molecular flexibility index (Phi) is 6.76. The van der Waals surface area contributed by atoms with Crippen molar-refractivity contribution in [1.29, 1.82) is 0 Å². The number of nitrogens with zero attached hydrogens (tertiary/aromatic N) is 2. The minimum Gasteiger partial charge on any atom is -0.339 e. The fourth-order valence-corrected chi connectivity index (χ4v) is 5.87. The van der Waals surface area contributed by atoms with Gasteiger partial charge in [0.2, 0.25) is 0 Å². The van der Waals surface area contributed by atoms with Gasteiger partial charge in [-0.25, -0.2) is 0 Å². The second-order valence-corrected chi connectivity index (χ2v) is 9.67. The number of likely N-dealkylation sites (tertiary alicyclic amines) is 1. The minimum atomic E-state index is 0.190. The lowest BCUT2D eigenvalue weighted by atomic mass is 9.90. The van der Waals surface area contributed by atoms with Gasteiger partial charge in [0.05, 0.1) is 6.54 Å². The highest BCUT2D eigenvalue weighted by molar-refractivity contribution is 8.38. The molecule has 3 nitrogen and oxygen atoms in total.